The fraction of sp³-hybridized carbons (Fsp3) is 0.552. The van der Waals surface area contributed by atoms with Crippen molar-refractivity contribution in [1.29, 1.82) is 0 Å². The van der Waals surface area contributed by atoms with Crippen molar-refractivity contribution in [3.63, 3.8) is 0 Å². The van der Waals surface area contributed by atoms with Crippen molar-refractivity contribution in [1.82, 2.24) is 10.2 Å². The Morgan fingerprint density at radius 2 is 1.76 bits per heavy atom. The van der Waals surface area contributed by atoms with Crippen molar-refractivity contribution in [2.45, 2.75) is 63.6 Å². The number of halogens is 5. The Hall–Kier alpha value is -2.32. The molecule has 2 aromatic rings. The molecule has 1 saturated heterocycles. The minimum absolute atomic E-state index is 0.0441. The maximum Gasteiger partial charge on any atom is 0.408 e. The topological polar surface area (TPSA) is 41.6 Å². The van der Waals surface area contributed by atoms with Gasteiger partial charge < -0.3 is 10.1 Å². The highest BCUT2D eigenvalue weighted by atomic mass is 35.5. The Balaban J connectivity index is 1.22. The predicted molar refractivity (Wildman–Crippen MR) is 138 cm³/mol. The fourth-order valence-electron chi connectivity index (χ4n) is 5.35. The molecule has 2 aromatic carbocycles. The van der Waals surface area contributed by atoms with E-state index in [0.717, 1.165) is 31.2 Å². The molecule has 1 amide bonds. The number of alkyl halides is 3. The zero-order valence-corrected chi connectivity index (χ0v) is 22.2. The number of piperidine rings is 1. The molecule has 206 valence electrons. The fourth-order valence-corrected chi connectivity index (χ4v) is 5.65. The number of aryl methyl sites for hydroxylation is 1. The van der Waals surface area contributed by atoms with Crippen molar-refractivity contribution < 1.29 is 27.1 Å². The van der Waals surface area contributed by atoms with E-state index in [1.54, 1.807) is 25.1 Å². The highest BCUT2D eigenvalue weighted by molar-refractivity contribution is 6.30. The minimum Gasteiger partial charge on any atom is -0.493 e. The lowest BCUT2D eigenvalue weighted by Crippen LogP contribution is -2.44. The molecule has 2 saturated carbocycles. The van der Waals surface area contributed by atoms with Gasteiger partial charge in [-0.05, 0) is 111 Å². The van der Waals surface area contributed by atoms with Crippen LogP contribution in [0.3, 0.4) is 0 Å². The van der Waals surface area contributed by atoms with Gasteiger partial charge in [-0.3, -0.25) is 9.69 Å². The number of likely N-dealkylation sites (tertiary alicyclic amines) is 1. The molecule has 5 rings (SSSR count). The van der Waals surface area contributed by atoms with Gasteiger partial charge in [0.2, 0.25) is 0 Å². The van der Waals surface area contributed by atoms with Crippen molar-refractivity contribution in [2.24, 2.45) is 11.8 Å². The molecule has 3 fully saturated rings. The van der Waals surface area contributed by atoms with Gasteiger partial charge in [0, 0.05) is 17.6 Å². The second-order valence-corrected chi connectivity index (χ2v) is 11.5. The summed E-state index contributed by atoms with van der Waals surface area (Å²) >= 11 is 6.06. The Labute approximate surface area is 225 Å². The number of hydrogen-bond donors (Lipinski definition) is 1. The third-order valence-corrected chi connectivity index (χ3v) is 8.01. The van der Waals surface area contributed by atoms with E-state index < -0.39 is 23.9 Å². The van der Waals surface area contributed by atoms with Crippen LogP contribution < -0.4 is 10.1 Å². The normalized spacial score (nSPS) is 19.8. The summed E-state index contributed by atoms with van der Waals surface area (Å²) in [5.74, 6) is 0.226. The number of carbonyl (C=O) groups is 1. The average Bonchev–Trinajstić information content (AvgIpc) is 3.75. The summed E-state index contributed by atoms with van der Waals surface area (Å²) in [5, 5.41) is 3.12. The van der Waals surface area contributed by atoms with Crippen molar-refractivity contribution in [3.05, 3.63) is 63.4 Å². The first kappa shape index (κ1) is 27.3. The summed E-state index contributed by atoms with van der Waals surface area (Å²) < 4.78 is 63.2. The van der Waals surface area contributed by atoms with E-state index in [1.807, 2.05) is 0 Å². The van der Waals surface area contributed by atoms with E-state index in [-0.39, 0.29) is 36.1 Å². The first-order valence-corrected chi connectivity index (χ1v) is 13.8. The van der Waals surface area contributed by atoms with Crippen molar-refractivity contribution in [2.75, 3.05) is 26.2 Å². The highest BCUT2D eigenvalue weighted by Gasteiger charge is 2.45. The van der Waals surface area contributed by atoms with Gasteiger partial charge in [0.15, 0.2) is 0 Å². The molecule has 0 bridgehead atoms. The number of benzene rings is 2. The first-order chi connectivity index (χ1) is 18.1. The lowest BCUT2D eigenvalue weighted by Gasteiger charge is -2.38. The van der Waals surface area contributed by atoms with Crippen LogP contribution in [0.2, 0.25) is 5.02 Å². The summed E-state index contributed by atoms with van der Waals surface area (Å²) in [6.45, 7) is 3.15. The molecule has 0 radical (unpaired) electrons. The van der Waals surface area contributed by atoms with Gasteiger partial charge in [-0.2, -0.15) is 13.2 Å². The lowest BCUT2D eigenvalue weighted by molar-refractivity contribution is -0.190. The molecule has 0 aromatic heterocycles. The predicted octanol–water partition coefficient (Wildman–Crippen LogP) is 7.20. The molecule has 1 unspecified atom stereocenters. The van der Waals surface area contributed by atoms with Gasteiger partial charge in [-0.15, -0.1) is 0 Å². The molecule has 4 nitrogen and oxygen atoms in total. The van der Waals surface area contributed by atoms with E-state index in [0.29, 0.717) is 48.2 Å². The van der Waals surface area contributed by atoms with Crippen LogP contribution in [0.1, 0.15) is 77.5 Å². The number of nitrogens with one attached hydrogen (secondary N) is 1. The van der Waals surface area contributed by atoms with Crippen LogP contribution in [0.5, 0.6) is 5.75 Å². The van der Waals surface area contributed by atoms with E-state index in [2.05, 4.69) is 5.32 Å². The Morgan fingerprint density at radius 1 is 1.05 bits per heavy atom. The zero-order valence-electron chi connectivity index (χ0n) is 21.4. The molecule has 1 atom stereocenters. The molecule has 3 aliphatic rings. The highest BCUT2D eigenvalue weighted by Crippen LogP contribution is 2.46. The van der Waals surface area contributed by atoms with Crippen LogP contribution in [0.4, 0.5) is 17.6 Å². The SMILES string of the molecule is Cc1cc(Cl)cc(C(N2CCC(COc3cc(F)c(C(=O)NCC4CC4)cc3C3CC3)CC2)C(F)(F)F)c1. The van der Waals surface area contributed by atoms with Crippen LogP contribution in [-0.2, 0) is 0 Å². The second-order valence-electron chi connectivity index (χ2n) is 11.1. The summed E-state index contributed by atoms with van der Waals surface area (Å²) in [5.41, 5.74) is 1.73. The third kappa shape index (κ3) is 6.63. The molecular weight excluding hydrogens is 520 g/mol. The van der Waals surface area contributed by atoms with Crippen LogP contribution in [0, 0.1) is 24.6 Å². The van der Waals surface area contributed by atoms with Crippen molar-refractivity contribution in [3.8, 4) is 5.75 Å². The number of rotatable bonds is 9. The average molecular weight is 553 g/mol. The van der Waals surface area contributed by atoms with Gasteiger partial charge >= 0.3 is 6.18 Å². The number of carbonyl (C=O) groups excluding carboxylic acids is 1. The van der Waals surface area contributed by atoms with Gasteiger partial charge in [-0.25, -0.2) is 4.39 Å². The molecule has 0 spiro atoms. The Morgan fingerprint density at radius 3 is 2.37 bits per heavy atom. The Bertz CT molecular complexity index is 1150. The molecule has 1 N–H and O–H groups in total. The molecule has 38 heavy (non-hydrogen) atoms. The quantitative estimate of drug-likeness (QED) is 0.334. The van der Waals surface area contributed by atoms with E-state index in [4.69, 9.17) is 16.3 Å². The Kier molecular flexibility index (Phi) is 7.92. The third-order valence-electron chi connectivity index (χ3n) is 7.79. The summed E-state index contributed by atoms with van der Waals surface area (Å²) in [4.78, 5) is 14.0. The van der Waals surface area contributed by atoms with Crippen LogP contribution in [-0.4, -0.2) is 43.2 Å². The standard InChI is InChI=1S/C29H33ClF4N2O2/c1-17-10-21(12-22(30)11-17)27(29(32,33)34)36-8-6-19(7-9-36)16-38-26-14-25(31)24(13-23(26)20-4-5-20)28(37)35-15-18-2-3-18/h10-14,18-20,27H,2-9,15-16H2,1H3,(H,35,37). The molecule has 1 aliphatic heterocycles. The van der Waals surface area contributed by atoms with Gasteiger partial charge in [0.25, 0.3) is 5.91 Å². The van der Waals surface area contributed by atoms with Gasteiger partial charge in [0.1, 0.15) is 17.6 Å². The lowest BCUT2D eigenvalue weighted by atomic mass is 9.94. The number of amides is 1. The largest absolute Gasteiger partial charge is 0.493 e. The van der Waals surface area contributed by atoms with E-state index in [1.165, 1.54) is 17.0 Å². The van der Waals surface area contributed by atoms with Crippen LogP contribution in [0.25, 0.3) is 0 Å². The smallest absolute Gasteiger partial charge is 0.408 e. The van der Waals surface area contributed by atoms with E-state index in [9.17, 15) is 22.4 Å². The van der Waals surface area contributed by atoms with Crippen molar-refractivity contribution >= 4 is 17.5 Å². The van der Waals surface area contributed by atoms with Gasteiger partial charge in [-0.1, -0.05) is 17.7 Å². The summed E-state index contributed by atoms with van der Waals surface area (Å²) in [6.07, 6.45) is 0.766. The maximum atomic E-state index is 14.9. The van der Waals surface area contributed by atoms with Crippen LogP contribution in [0.15, 0.2) is 30.3 Å². The number of ether oxygens (including phenoxy) is 1. The zero-order chi connectivity index (χ0) is 27.0. The summed E-state index contributed by atoms with van der Waals surface area (Å²) in [7, 11) is 0. The summed E-state index contributed by atoms with van der Waals surface area (Å²) in [6, 6.07) is 5.79. The van der Waals surface area contributed by atoms with Crippen LogP contribution >= 0.6 is 11.6 Å². The first-order valence-electron chi connectivity index (χ1n) is 13.4. The second kappa shape index (κ2) is 11.0. The molecule has 2 aliphatic carbocycles. The maximum absolute atomic E-state index is 14.9. The molecule has 9 heteroatoms. The molecule has 1 heterocycles. The molecular formula is C29H33ClF4N2O2. The van der Waals surface area contributed by atoms with Gasteiger partial charge in [0.05, 0.1) is 12.2 Å². The van der Waals surface area contributed by atoms with E-state index >= 15 is 0 Å². The monoisotopic (exact) mass is 552 g/mol. The number of nitrogens with zero attached hydrogens (tertiary/aromatic N) is 1. The minimum atomic E-state index is -4.43. The number of hydrogen-bond acceptors (Lipinski definition) is 3.